The van der Waals surface area contributed by atoms with E-state index >= 15 is 0 Å². The highest BCUT2D eigenvalue weighted by Gasteiger charge is 2.27. The predicted octanol–water partition coefficient (Wildman–Crippen LogP) is 3.85. The van der Waals surface area contributed by atoms with Crippen LogP contribution in [0.4, 0.5) is 0 Å². The van der Waals surface area contributed by atoms with Crippen LogP contribution in [0.25, 0.3) is 0 Å². The molecule has 21 heavy (non-hydrogen) atoms. The Hall–Kier alpha value is -1.64. The third-order valence-electron chi connectivity index (χ3n) is 4.02. The maximum absolute atomic E-state index is 10.9. The zero-order valence-electron chi connectivity index (χ0n) is 12.8. The first-order valence-electron chi connectivity index (χ1n) is 7.51. The molecule has 2 aromatic rings. The molecule has 112 valence electrons. The van der Waals surface area contributed by atoms with E-state index in [1.165, 1.54) is 0 Å². The van der Waals surface area contributed by atoms with Gasteiger partial charge in [0, 0.05) is 19.6 Å². The summed E-state index contributed by atoms with van der Waals surface area (Å²) in [5.74, 6) is 0.176. The fraction of sp³-hybridized carbons (Fsp3) is 0.368. The minimum Gasteiger partial charge on any atom is -0.392 e. The Bertz CT molecular complexity index is 470. The summed E-state index contributed by atoms with van der Waals surface area (Å²) in [6, 6.07) is 20.5. The summed E-state index contributed by atoms with van der Waals surface area (Å²) >= 11 is 0. The molecule has 0 radical (unpaired) electrons. The molecule has 2 aromatic carbocycles. The molecule has 0 bridgehead atoms. The van der Waals surface area contributed by atoms with E-state index in [9.17, 15) is 5.11 Å². The lowest BCUT2D eigenvalue weighted by molar-refractivity contribution is 0.0762. The molecule has 0 saturated heterocycles. The second-order valence-electron chi connectivity index (χ2n) is 5.55. The molecule has 0 aliphatic rings. The Morgan fingerprint density at radius 3 is 1.81 bits per heavy atom. The van der Waals surface area contributed by atoms with Gasteiger partial charge in [-0.05, 0) is 23.5 Å². The molecule has 2 atom stereocenters. The molecule has 2 rings (SSSR count). The highest BCUT2D eigenvalue weighted by molar-refractivity contribution is 5.33. The van der Waals surface area contributed by atoms with Crippen molar-refractivity contribution in [2.75, 3.05) is 13.7 Å². The van der Waals surface area contributed by atoms with Gasteiger partial charge in [-0.15, -0.1) is 0 Å². The van der Waals surface area contributed by atoms with Crippen molar-refractivity contribution in [3.05, 3.63) is 71.8 Å². The van der Waals surface area contributed by atoms with Gasteiger partial charge < -0.3 is 9.84 Å². The number of ether oxygens (including phenoxy) is 1. The standard InChI is InChI=1S/C19H24O2/c1-15(13-14-21-2)19(20)18(16-9-5-3-6-10-16)17-11-7-4-8-12-17/h3-12,15,18-20H,13-14H2,1-2H3. The normalized spacial score (nSPS) is 14.1. The van der Waals surface area contributed by atoms with Crippen molar-refractivity contribution in [2.45, 2.75) is 25.4 Å². The molecule has 0 aliphatic heterocycles. The van der Waals surface area contributed by atoms with Crippen LogP contribution < -0.4 is 0 Å². The van der Waals surface area contributed by atoms with Crippen LogP contribution in [0, 0.1) is 5.92 Å². The Morgan fingerprint density at radius 1 is 0.905 bits per heavy atom. The summed E-state index contributed by atoms with van der Waals surface area (Å²) in [5, 5.41) is 10.9. The van der Waals surface area contributed by atoms with E-state index in [0.717, 1.165) is 17.5 Å². The molecule has 1 N–H and O–H groups in total. The van der Waals surface area contributed by atoms with Gasteiger partial charge in [0.05, 0.1) is 6.10 Å². The van der Waals surface area contributed by atoms with E-state index in [-0.39, 0.29) is 11.8 Å². The van der Waals surface area contributed by atoms with E-state index in [1.54, 1.807) is 7.11 Å². The van der Waals surface area contributed by atoms with Gasteiger partial charge in [-0.3, -0.25) is 0 Å². The van der Waals surface area contributed by atoms with E-state index in [2.05, 4.69) is 31.2 Å². The van der Waals surface area contributed by atoms with E-state index in [1.807, 2.05) is 36.4 Å². The van der Waals surface area contributed by atoms with Crippen molar-refractivity contribution in [1.82, 2.24) is 0 Å². The molecule has 0 amide bonds. The van der Waals surface area contributed by atoms with Gasteiger partial charge in [-0.25, -0.2) is 0 Å². The second kappa shape index (κ2) is 7.96. The molecule has 2 heteroatoms. The van der Waals surface area contributed by atoms with Gasteiger partial charge in [0.15, 0.2) is 0 Å². The fourth-order valence-electron chi connectivity index (χ4n) is 2.71. The number of aliphatic hydroxyl groups excluding tert-OH is 1. The first-order valence-corrected chi connectivity index (χ1v) is 7.51. The smallest absolute Gasteiger partial charge is 0.0675 e. The van der Waals surface area contributed by atoms with Crippen LogP contribution in [0.1, 0.15) is 30.4 Å². The molecule has 0 heterocycles. The highest BCUT2D eigenvalue weighted by Crippen LogP contribution is 2.32. The molecular weight excluding hydrogens is 260 g/mol. The Kier molecular flexibility index (Phi) is 5.97. The Balaban J connectivity index is 2.28. The maximum atomic E-state index is 10.9. The van der Waals surface area contributed by atoms with Gasteiger partial charge in [-0.1, -0.05) is 67.6 Å². The SMILES string of the molecule is COCCC(C)C(O)C(c1ccccc1)c1ccccc1. The summed E-state index contributed by atoms with van der Waals surface area (Å²) in [6.45, 7) is 2.76. The summed E-state index contributed by atoms with van der Waals surface area (Å²) in [7, 11) is 1.70. The molecule has 0 fully saturated rings. The average Bonchev–Trinajstić information content (AvgIpc) is 2.54. The number of benzene rings is 2. The summed E-state index contributed by atoms with van der Waals surface area (Å²) in [5.41, 5.74) is 2.31. The van der Waals surface area contributed by atoms with Gasteiger partial charge in [0.2, 0.25) is 0 Å². The predicted molar refractivity (Wildman–Crippen MR) is 86.4 cm³/mol. The number of methoxy groups -OCH3 is 1. The summed E-state index contributed by atoms with van der Waals surface area (Å²) in [4.78, 5) is 0. The molecule has 0 saturated carbocycles. The number of hydrogen-bond donors (Lipinski definition) is 1. The van der Waals surface area contributed by atoms with E-state index in [4.69, 9.17) is 4.74 Å². The van der Waals surface area contributed by atoms with Crippen molar-refractivity contribution in [3.63, 3.8) is 0 Å². The van der Waals surface area contributed by atoms with Crippen molar-refractivity contribution in [2.24, 2.45) is 5.92 Å². The molecule has 0 aliphatic carbocycles. The highest BCUT2D eigenvalue weighted by atomic mass is 16.5. The molecule has 0 aromatic heterocycles. The quantitative estimate of drug-likeness (QED) is 0.836. The lowest BCUT2D eigenvalue weighted by Crippen LogP contribution is -2.27. The first kappa shape index (κ1) is 15.7. The minimum atomic E-state index is -0.426. The van der Waals surface area contributed by atoms with Crippen LogP contribution in [0.2, 0.25) is 0 Å². The largest absolute Gasteiger partial charge is 0.392 e. The van der Waals surface area contributed by atoms with Crippen LogP contribution in [0.15, 0.2) is 60.7 Å². The van der Waals surface area contributed by atoms with E-state index < -0.39 is 6.10 Å². The van der Waals surface area contributed by atoms with Gasteiger partial charge in [0.1, 0.15) is 0 Å². The van der Waals surface area contributed by atoms with Gasteiger partial charge >= 0.3 is 0 Å². The zero-order chi connectivity index (χ0) is 15.1. The first-order chi connectivity index (χ1) is 10.2. The van der Waals surface area contributed by atoms with Crippen LogP contribution in [-0.2, 0) is 4.74 Å². The van der Waals surface area contributed by atoms with Crippen molar-refractivity contribution in [3.8, 4) is 0 Å². The molecule has 2 unspecified atom stereocenters. The molecule has 0 spiro atoms. The van der Waals surface area contributed by atoms with Crippen molar-refractivity contribution in [1.29, 1.82) is 0 Å². The molecule has 2 nitrogen and oxygen atoms in total. The maximum Gasteiger partial charge on any atom is 0.0675 e. The van der Waals surface area contributed by atoms with Crippen LogP contribution in [-0.4, -0.2) is 24.9 Å². The van der Waals surface area contributed by atoms with E-state index in [0.29, 0.717) is 6.61 Å². The number of hydrogen-bond acceptors (Lipinski definition) is 2. The minimum absolute atomic E-state index is 0.000689. The van der Waals surface area contributed by atoms with Crippen molar-refractivity contribution < 1.29 is 9.84 Å². The van der Waals surface area contributed by atoms with Crippen LogP contribution >= 0.6 is 0 Å². The third-order valence-corrected chi connectivity index (χ3v) is 4.02. The number of aliphatic hydroxyl groups is 1. The average molecular weight is 284 g/mol. The third kappa shape index (κ3) is 4.16. The Morgan fingerprint density at radius 2 is 1.38 bits per heavy atom. The summed E-state index contributed by atoms with van der Waals surface area (Å²) in [6.07, 6.45) is 0.429. The Labute approximate surface area is 127 Å². The van der Waals surface area contributed by atoms with Crippen molar-refractivity contribution >= 4 is 0 Å². The lowest BCUT2D eigenvalue weighted by Gasteiger charge is -2.28. The van der Waals surface area contributed by atoms with Gasteiger partial charge in [0.25, 0.3) is 0 Å². The molecular formula is C19H24O2. The van der Waals surface area contributed by atoms with Crippen LogP contribution in [0.3, 0.4) is 0 Å². The zero-order valence-corrected chi connectivity index (χ0v) is 12.8. The van der Waals surface area contributed by atoms with Gasteiger partial charge in [-0.2, -0.15) is 0 Å². The van der Waals surface area contributed by atoms with Crippen LogP contribution in [0.5, 0.6) is 0 Å². The lowest BCUT2D eigenvalue weighted by atomic mass is 9.81. The topological polar surface area (TPSA) is 29.5 Å². The summed E-state index contributed by atoms with van der Waals surface area (Å²) < 4.78 is 5.14. The fourth-order valence-corrected chi connectivity index (χ4v) is 2.71. The number of rotatable bonds is 7. The second-order valence-corrected chi connectivity index (χ2v) is 5.55. The monoisotopic (exact) mass is 284 g/mol.